The van der Waals surface area contributed by atoms with Crippen molar-refractivity contribution in [2.75, 3.05) is 13.2 Å². The maximum Gasteiger partial charge on any atom is 0.287 e. The van der Waals surface area contributed by atoms with E-state index < -0.39 is 25.0 Å². The van der Waals surface area contributed by atoms with E-state index in [1.807, 2.05) is 5.32 Å². The van der Waals surface area contributed by atoms with Crippen LogP contribution >= 0.6 is 0 Å². The molecule has 1 aliphatic rings. The van der Waals surface area contributed by atoms with Crippen LogP contribution in [0.2, 0.25) is 0 Å². The number of hydrogen-bond donors (Lipinski definition) is 2. The second-order valence-corrected chi connectivity index (χ2v) is 4.09. The fraction of sp³-hybridized carbons (Fsp3) is 0.600. The van der Waals surface area contributed by atoms with E-state index in [1.54, 1.807) is 0 Å². The zero-order valence-corrected chi connectivity index (χ0v) is 8.95. The van der Waals surface area contributed by atoms with E-state index in [2.05, 4.69) is 5.16 Å². The molecule has 0 bridgehead atoms. The van der Waals surface area contributed by atoms with Crippen LogP contribution in [0.5, 0.6) is 0 Å². The van der Waals surface area contributed by atoms with Crippen molar-refractivity contribution in [2.24, 2.45) is 0 Å². The predicted molar refractivity (Wildman–Crippen MR) is 52.8 cm³/mol. The van der Waals surface area contributed by atoms with Crippen molar-refractivity contribution in [1.29, 1.82) is 0 Å². The Morgan fingerprint density at radius 1 is 1.65 bits per heavy atom. The smallest absolute Gasteiger partial charge is 0.287 e. The highest BCUT2D eigenvalue weighted by atomic mass is 19.3. The first kappa shape index (κ1) is 12.0. The van der Waals surface area contributed by atoms with Crippen molar-refractivity contribution >= 4 is 5.91 Å². The summed E-state index contributed by atoms with van der Waals surface area (Å²) in [5.74, 6) is -3.13. The molecule has 1 aromatic heterocycles. The summed E-state index contributed by atoms with van der Waals surface area (Å²) in [4.78, 5) is 11.4. The molecule has 0 saturated heterocycles. The maximum atomic E-state index is 12.7. The van der Waals surface area contributed by atoms with Crippen LogP contribution in [0.15, 0.2) is 10.6 Å². The number of rotatable bonds is 5. The quantitative estimate of drug-likeness (QED) is 0.809. The summed E-state index contributed by atoms with van der Waals surface area (Å²) in [6.45, 7) is -2.23. The third-order valence-electron chi connectivity index (χ3n) is 2.48. The van der Waals surface area contributed by atoms with Crippen LogP contribution in [-0.2, 0) is 0 Å². The predicted octanol–water partition coefficient (Wildman–Crippen LogP) is 0.909. The minimum atomic E-state index is -3.32. The molecule has 94 valence electrons. The second-order valence-electron chi connectivity index (χ2n) is 4.09. The summed E-state index contributed by atoms with van der Waals surface area (Å²) < 4.78 is 30.2. The first-order chi connectivity index (χ1) is 8.02. The Morgan fingerprint density at radius 2 is 2.35 bits per heavy atom. The number of aliphatic hydroxyl groups excluding tert-OH is 1. The molecule has 7 heteroatoms. The van der Waals surface area contributed by atoms with Crippen LogP contribution in [0.1, 0.15) is 35.0 Å². The molecule has 17 heavy (non-hydrogen) atoms. The van der Waals surface area contributed by atoms with Crippen molar-refractivity contribution in [1.82, 2.24) is 10.5 Å². The van der Waals surface area contributed by atoms with Crippen LogP contribution in [0.25, 0.3) is 0 Å². The normalized spacial score (nSPS) is 15.9. The molecule has 0 spiro atoms. The third-order valence-corrected chi connectivity index (χ3v) is 2.48. The van der Waals surface area contributed by atoms with E-state index in [0.29, 0.717) is 11.7 Å². The number of halogens is 2. The zero-order chi connectivity index (χ0) is 12.5. The van der Waals surface area contributed by atoms with Crippen molar-refractivity contribution in [2.45, 2.75) is 24.7 Å². The molecule has 1 aromatic rings. The van der Waals surface area contributed by atoms with Gasteiger partial charge in [0.15, 0.2) is 5.69 Å². The molecule has 0 unspecified atom stereocenters. The Kier molecular flexibility index (Phi) is 3.10. The lowest BCUT2D eigenvalue weighted by Gasteiger charge is -2.12. The van der Waals surface area contributed by atoms with E-state index >= 15 is 0 Å². The number of aliphatic hydroxyl groups is 1. The highest BCUT2D eigenvalue weighted by Gasteiger charge is 2.31. The summed E-state index contributed by atoms with van der Waals surface area (Å²) in [5, 5.41) is 13.8. The number of nitrogens with zero attached hydrogens (tertiary/aromatic N) is 1. The van der Waals surface area contributed by atoms with Gasteiger partial charge in [0.2, 0.25) is 0 Å². The molecule has 1 fully saturated rings. The molecule has 0 atom stereocenters. The van der Waals surface area contributed by atoms with Gasteiger partial charge in [-0.1, -0.05) is 5.16 Å². The van der Waals surface area contributed by atoms with E-state index in [9.17, 15) is 13.6 Å². The molecule has 5 nitrogen and oxygen atoms in total. The number of carbonyl (C=O) groups is 1. The molecule has 1 amide bonds. The van der Waals surface area contributed by atoms with Gasteiger partial charge in [0.05, 0.1) is 6.54 Å². The molecule has 0 radical (unpaired) electrons. The Labute approximate surface area is 95.8 Å². The number of nitrogens with one attached hydrogen (secondary N) is 1. The number of aromatic nitrogens is 1. The monoisotopic (exact) mass is 246 g/mol. The van der Waals surface area contributed by atoms with Crippen LogP contribution in [0, 0.1) is 0 Å². The lowest BCUT2D eigenvalue weighted by atomic mass is 10.2. The Bertz CT molecular complexity index is 415. The van der Waals surface area contributed by atoms with Gasteiger partial charge in [-0.2, -0.15) is 0 Å². The van der Waals surface area contributed by atoms with Gasteiger partial charge in [0.1, 0.15) is 12.4 Å². The summed E-state index contributed by atoms with van der Waals surface area (Å²) in [6, 6.07) is 1.46. The Balaban J connectivity index is 1.90. The summed E-state index contributed by atoms with van der Waals surface area (Å²) in [7, 11) is 0. The summed E-state index contributed by atoms with van der Waals surface area (Å²) in [6.07, 6.45) is 2.00. The topological polar surface area (TPSA) is 75.4 Å². The van der Waals surface area contributed by atoms with Gasteiger partial charge in [0.25, 0.3) is 11.8 Å². The molecular weight excluding hydrogens is 234 g/mol. The summed E-state index contributed by atoms with van der Waals surface area (Å²) >= 11 is 0. The number of amides is 1. The van der Waals surface area contributed by atoms with Crippen molar-refractivity contribution in [3.05, 3.63) is 17.5 Å². The minimum absolute atomic E-state index is 0.0133. The lowest BCUT2D eigenvalue weighted by Crippen LogP contribution is -2.39. The fourth-order valence-corrected chi connectivity index (χ4v) is 1.31. The van der Waals surface area contributed by atoms with E-state index in [0.717, 1.165) is 12.8 Å². The lowest BCUT2D eigenvalue weighted by molar-refractivity contribution is -0.0462. The first-order valence-electron chi connectivity index (χ1n) is 5.25. The fourth-order valence-electron chi connectivity index (χ4n) is 1.31. The van der Waals surface area contributed by atoms with Gasteiger partial charge in [-0.3, -0.25) is 4.79 Å². The van der Waals surface area contributed by atoms with Crippen molar-refractivity contribution < 1.29 is 23.2 Å². The average molecular weight is 246 g/mol. The Hall–Kier alpha value is -1.50. The number of alkyl halides is 2. The van der Waals surface area contributed by atoms with E-state index in [1.165, 1.54) is 6.07 Å². The Morgan fingerprint density at radius 3 is 2.94 bits per heavy atom. The van der Waals surface area contributed by atoms with Crippen LogP contribution in [0.4, 0.5) is 8.78 Å². The first-order valence-corrected chi connectivity index (χ1v) is 5.25. The van der Waals surface area contributed by atoms with Crippen molar-refractivity contribution in [3.63, 3.8) is 0 Å². The van der Waals surface area contributed by atoms with Crippen LogP contribution in [-0.4, -0.2) is 35.2 Å². The van der Waals surface area contributed by atoms with E-state index in [4.69, 9.17) is 9.63 Å². The highest BCUT2D eigenvalue weighted by Crippen LogP contribution is 2.40. The van der Waals surface area contributed by atoms with Gasteiger partial charge < -0.3 is 14.9 Å². The SMILES string of the molecule is O=C(NCC(F)(F)CO)c1cc(C2CC2)on1. The van der Waals surface area contributed by atoms with Gasteiger partial charge in [-0.05, 0) is 12.8 Å². The van der Waals surface area contributed by atoms with Crippen LogP contribution in [0.3, 0.4) is 0 Å². The molecule has 0 aromatic carbocycles. The van der Waals surface area contributed by atoms with Crippen LogP contribution < -0.4 is 5.32 Å². The maximum absolute atomic E-state index is 12.7. The molecule has 1 saturated carbocycles. The zero-order valence-electron chi connectivity index (χ0n) is 8.95. The summed E-state index contributed by atoms with van der Waals surface area (Å²) in [5.41, 5.74) is -0.0133. The van der Waals surface area contributed by atoms with Gasteiger partial charge >= 0.3 is 0 Å². The number of carbonyl (C=O) groups excluding carboxylic acids is 1. The highest BCUT2D eigenvalue weighted by molar-refractivity contribution is 5.92. The molecule has 1 aliphatic carbocycles. The van der Waals surface area contributed by atoms with Gasteiger partial charge in [-0.15, -0.1) is 0 Å². The average Bonchev–Trinajstić information content (AvgIpc) is 3.04. The molecule has 1 heterocycles. The second kappa shape index (κ2) is 4.40. The van der Waals surface area contributed by atoms with E-state index in [-0.39, 0.29) is 5.69 Å². The largest absolute Gasteiger partial charge is 0.390 e. The van der Waals surface area contributed by atoms with Gasteiger partial charge in [-0.25, -0.2) is 8.78 Å². The third kappa shape index (κ3) is 3.00. The minimum Gasteiger partial charge on any atom is -0.390 e. The number of hydrogen-bond acceptors (Lipinski definition) is 4. The standard InChI is InChI=1S/C10H12F2N2O3/c11-10(12,5-15)4-13-9(16)7-3-8(17-14-7)6-1-2-6/h3,6,15H,1-2,4-5H2,(H,13,16). The van der Waals surface area contributed by atoms with Gasteiger partial charge in [0, 0.05) is 12.0 Å². The molecule has 2 N–H and O–H groups in total. The van der Waals surface area contributed by atoms with Crippen molar-refractivity contribution in [3.8, 4) is 0 Å². The molecule has 2 rings (SSSR count). The molecule has 0 aliphatic heterocycles. The molecular formula is C10H12F2N2O3.